The molecular formula is C29H21NO6. The van der Waals surface area contributed by atoms with E-state index in [-0.39, 0.29) is 16.9 Å². The number of benzene rings is 4. The zero-order chi connectivity index (χ0) is 25.1. The van der Waals surface area contributed by atoms with Crippen LogP contribution in [0.15, 0.2) is 95.4 Å². The Morgan fingerprint density at radius 3 is 2.25 bits per heavy atom. The van der Waals surface area contributed by atoms with Crippen LogP contribution in [0.5, 0.6) is 5.75 Å². The second kappa shape index (κ2) is 9.76. The van der Waals surface area contributed by atoms with Gasteiger partial charge in [0.1, 0.15) is 16.9 Å². The minimum Gasteiger partial charge on any atom is -0.495 e. The Hall–Kier alpha value is -4.91. The van der Waals surface area contributed by atoms with Crippen LogP contribution in [-0.2, 0) is 9.53 Å². The molecule has 5 rings (SSSR count). The number of ether oxygens (including phenoxy) is 2. The predicted octanol–water partition coefficient (Wildman–Crippen LogP) is 5.62. The molecular weight excluding hydrogens is 458 g/mol. The van der Waals surface area contributed by atoms with Crippen LogP contribution in [0.25, 0.3) is 21.9 Å². The largest absolute Gasteiger partial charge is 0.495 e. The lowest BCUT2D eigenvalue weighted by Gasteiger charge is -2.12. The average molecular weight is 479 g/mol. The Labute approximate surface area is 206 Å². The van der Waals surface area contributed by atoms with Crippen LogP contribution in [0, 0.1) is 0 Å². The molecule has 36 heavy (non-hydrogen) atoms. The van der Waals surface area contributed by atoms with E-state index in [0.717, 1.165) is 16.4 Å². The summed E-state index contributed by atoms with van der Waals surface area (Å²) >= 11 is 0. The summed E-state index contributed by atoms with van der Waals surface area (Å²) < 4.78 is 16.6. The number of hydrogen-bond acceptors (Lipinski definition) is 6. The number of methoxy groups -OCH3 is 1. The van der Waals surface area contributed by atoms with Crippen molar-refractivity contribution < 1.29 is 28.3 Å². The number of ketones is 1. The molecule has 1 amide bonds. The van der Waals surface area contributed by atoms with Gasteiger partial charge in [-0.05, 0) is 18.2 Å². The summed E-state index contributed by atoms with van der Waals surface area (Å²) in [7, 11) is 1.50. The van der Waals surface area contributed by atoms with Crippen molar-refractivity contribution in [2.45, 2.75) is 0 Å². The van der Waals surface area contributed by atoms with Crippen molar-refractivity contribution in [2.75, 3.05) is 19.0 Å². The molecule has 0 saturated carbocycles. The van der Waals surface area contributed by atoms with Crippen molar-refractivity contribution >= 4 is 45.3 Å². The summed E-state index contributed by atoms with van der Waals surface area (Å²) in [4.78, 5) is 38.3. The first kappa shape index (κ1) is 22.9. The highest BCUT2D eigenvalue weighted by atomic mass is 16.5. The van der Waals surface area contributed by atoms with Gasteiger partial charge in [0.15, 0.2) is 12.4 Å². The number of hydrogen-bond donors (Lipinski definition) is 1. The average Bonchev–Trinajstić information content (AvgIpc) is 3.28. The Bertz CT molecular complexity index is 1600. The van der Waals surface area contributed by atoms with Crippen molar-refractivity contribution in [2.24, 2.45) is 0 Å². The zero-order valence-corrected chi connectivity index (χ0v) is 19.3. The molecule has 0 spiro atoms. The highest BCUT2D eigenvalue weighted by Crippen LogP contribution is 2.36. The maximum Gasteiger partial charge on any atom is 0.339 e. The van der Waals surface area contributed by atoms with Crippen LogP contribution < -0.4 is 10.1 Å². The minimum absolute atomic E-state index is 0.0837. The van der Waals surface area contributed by atoms with E-state index in [0.29, 0.717) is 22.6 Å². The maximum atomic E-state index is 12.9. The van der Waals surface area contributed by atoms with Gasteiger partial charge in [0.25, 0.3) is 5.91 Å². The molecule has 4 aromatic carbocycles. The lowest BCUT2D eigenvalue weighted by molar-refractivity contribution is -0.119. The number of anilines is 1. The SMILES string of the molecule is COc1cc2c(cc1NC(=O)COC(=O)c1ccccc1C(=O)c1ccccc1)oc1ccccc12. The van der Waals surface area contributed by atoms with Gasteiger partial charge >= 0.3 is 5.97 Å². The van der Waals surface area contributed by atoms with Crippen LogP contribution in [0.3, 0.4) is 0 Å². The number of carbonyl (C=O) groups excluding carboxylic acids is 3. The summed E-state index contributed by atoms with van der Waals surface area (Å²) in [6, 6.07) is 26.0. The lowest BCUT2D eigenvalue weighted by atomic mass is 9.98. The number of nitrogens with one attached hydrogen (secondary N) is 1. The van der Waals surface area contributed by atoms with E-state index in [1.807, 2.05) is 24.3 Å². The quantitative estimate of drug-likeness (QED) is 0.240. The Morgan fingerprint density at radius 2 is 1.47 bits per heavy atom. The maximum absolute atomic E-state index is 12.9. The van der Waals surface area contributed by atoms with Gasteiger partial charge in [-0.2, -0.15) is 0 Å². The first-order valence-corrected chi connectivity index (χ1v) is 11.2. The van der Waals surface area contributed by atoms with E-state index in [9.17, 15) is 14.4 Å². The number of esters is 1. The Kier molecular flexibility index (Phi) is 6.19. The van der Waals surface area contributed by atoms with E-state index in [4.69, 9.17) is 13.9 Å². The number of furan rings is 1. The highest BCUT2D eigenvalue weighted by molar-refractivity contribution is 6.14. The number of amides is 1. The standard InChI is InChI=1S/C29H21NO6/c1-34-26-15-22-19-11-7-8-14-24(19)36-25(22)16-23(26)30-27(31)17-35-29(33)21-13-6-5-12-20(21)28(32)18-9-3-2-4-10-18/h2-16H,17H2,1H3,(H,30,31). The Balaban J connectivity index is 1.31. The van der Waals surface area contributed by atoms with Crippen molar-refractivity contribution in [3.8, 4) is 5.75 Å². The molecule has 0 unspecified atom stereocenters. The molecule has 7 heteroatoms. The summed E-state index contributed by atoms with van der Waals surface area (Å²) in [6.45, 7) is -0.548. The van der Waals surface area contributed by atoms with Gasteiger partial charge in [0.05, 0.1) is 18.4 Å². The van der Waals surface area contributed by atoms with Gasteiger partial charge in [-0.1, -0.05) is 66.7 Å². The predicted molar refractivity (Wildman–Crippen MR) is 136 cm³/mol. The van der Waals surface area contributed by atoms with E-state index in [1.54, 1.807) is 60.7 Å². The summed E-state index contributed by atoms with van der Waals surface area (Å²) in [6.07, 6.45) is 0. The van der Waals surface area contributed by atoms with Crippen molar-refractivity contribution in [1.82, 2.24) is 0 Å². The molecule has 1 aromatic heterocycles. The fourth-order valence-electron chi connectivity index (χ4n) is 4.02. The zero-order valence-electron chi connectivity index (χ0n) is 19.3. The monoisotopic (exact) mass is 479 g/mol. The van der Waals surface area contributed by atoms with Crippen molar-refractivity contribution in [1.29, 1.82) is 0 Å². The lowest BCUT2D eigenvalue weighted by Crippen LogP contribution is -2.22. The third-order valence-corrected chi connectivity index (χ3v) is 5.73. The van der Waals surface area contributed by atoms with E-state index < -0.39 is 18.5 Å². The van der Waals surface area contributed by atoms with Crippen LogP contribution in [0.2, 0.25) is 0 Å². The van der Waals surface area contributed by atoms with Gasteiger partial charge in [0, 0.05) is 28.0 Å². The van der Waals surface area contributed by atoms with Gasteiger partial charge in [-0.25, -0.2) is 4.79 Å². The van der Waals surface area contributed by atoms with E-state index in [2.05, 4.69) is 5.32 Å². The first-order chi connectivity index (χ1) is 17.5. The third-order valence-electron chi connectivity index (χ3n) is 5.73. The van der Waals surface area contributed by atoms with Crippen LogP contribution >= 0.6 is 0 Å². The van der Waals surface area contributed by atoms with E-state index >= 15 is 0 Å². The third kappa shape index (κ3) is 4.42. The summed E-state index contributed by atoms with van der Waals surface area (Å²) in [5.41, 5.74) is 2.41. The number of fused-ring (bicyclic) bond motifs is 3. The van der Waals surface area contributed by atoms with Crippen LogP contribution in [0.4, 0.5) is 5.69 Å². The second-order valence-electron chi connectivity index (χ2n) is 8.01. The molecule has 0 aliphatic heterocycles. The fourth-order valence-corrected chi connectivity index (χ4v) is 4.02. The molecule has 5 aromatic rings. The van der Waals surface area contributed by atoms with Gasteiger partial charge in [-0.15, -0.1) is 0 Å². The number of para-hydroxylation sites is 1. The first-order valence-electron chi connectivity index (χ1n) is 11.2. The van der Waals surface area contributed by atoms with Crippen molar-refractivity contribution in [3.05, 3.63) is 108 Å². The molecule has 178 valence electrons. The summed E-state index contributed by atoms with van der Waals surface area (Å²) in [5, 5.41) is 4.48. The molecule has 0 fully saturated rings. The smallest absolute Gasteiger partial charge is 0.339 e. The molecule has 0 saturated heterocycles. The van der Waals surface area contributed by atoms with Crippen LogP contribution in [0.1, 0.15) is 26.3 Å². The molecule has 0 atom stereocenters. The normalized spacial score (nSPS) is 10.8. The minimum atomic E-state index is -0.773. The molecule has 0 radical (unpaired) electrons. The van der Waals surface area contributed by atoms with E-state index in [1.165, 1.54) is 13.2 Å². The van der Waals surface area contributed by atoms with Gasteiger partial charge < -0.3 is 19.2 Å². The second-order valence-corrected chi connectivity index (χ2v) is 8.01. The van der Waals surface area contributed by atoms with Crippen LogP contribution in [-0.4, -0.2) is 31.4 Å². The highest BCUT2D eigenvalue weighted by Gasteiger charge is 2.20. The Morgan fingerprint density at radius 1 is 0.778 bits per heavy atom. The molecule has 1 heterocycles. The molecule has 7 nitrogen and oxygen atoms in total. The molecule has 0 bridgehead atoms. The summed E-state index contributed by atoms with van der Waals surface area (Å²) in [5.74, 6) is -1.21. The van der Waals surface area contributed by atoms with Crippen molar-refractivity contribution in [3.63, 3.8) is 0 Å². The molecule has 0 aliphatic rings. The molecule has 1 N–H and O–H groups in total. The number of carbonyl (C=O) groups is 3. The topological polar surface area (TPSA) is 94.8 Å². The fraction of sp³-hybridized carbons (Fsp3) is 0.0690. The number of rotatable bonds is 7. The van der Waals surface area contributed by atoms with Gasteiger partial charge in [0.2, 0.25) is 0 Å². The van der Waals surface area contributed by atoms with Gasteiger partial charge in [-0.3, -0.25) is 9.59 Å². The molecule has 0 aliphatic carbocycles.